The van der Waals surface area contributed by atoms with Crippen LogP contribution in [0.3, 0.4) is 0 Å². The number of ketones is 1. The first-order valence-corrected chi connectivity index (χ1v) is 12.8. The predicted molar refractivity (Wildman–Crippen MR) is 149 cm³/mol. The van der Waals surface area contributed by atoms with Crippen LogP contribution in [0.2, 0.25) is 0 Å². The molecule has 203 valence electrons. The maximum absolute atomic E-state index is 13.7. The van der Waals surface area contributed by atoms with Crippen molar-refractivity contribution < 1.29 is 38.8 Å². The van der Waals surface area contributed by atoms with Crippen molar-refractivity contribution in [3.63, 3.8) is 0 Å². The Morgan fingerprint density at radius 2 is 1.85 bits per heavy atom. The minimum absolute atomic E-state index is 0. The largest absolute Gasteiger partial charge is 0.512 e. The SMILES string of the molecule is CC(=O)/C=C(/C)O.Cc1[c-]c(-c2nccc3cc(C4CCC(F)C4)ccc23)c2oc3nc(C)ccc3c2c1.[Ir]. The Hall–Kier alpha value is -3.41. The van der Waals surface area contributed by atoms with Crippen molar-refractivity contribution in [1.82, 2.24) is 9.97 Å². The van der Waals surface area contributed by atoms with E-state index in [9.17, 15) is 9.18 Å². The molecule has 0 aliphatic heterocycles. The Bertz CT molecular complexity index is 1700. The number of allylic oxidation sites excluding steroid dienone is 2. The van der Waals surface area contributed by atoms with Crippen LogP contribution in [0, 0.1) is 19.9 Å². The molecule has 7 heteroatoms. The number of hydrogen-bond acceptors (Lipinski definition) is 5. The number of furan rings is 1. The van der Waals surface area contributed by atoms with Crippen molar-refractivity contribution in [2.24, 2.45) is 0 Å². The zero-order valence-electron chi connectivity index (χ0n) is 22.3. The van der Waals surface area contributed by atoms with E-state index in [0.29, 0.717) is 24.5 Å². The molecule has 1 aliphatic carbocycles. The molecule has 5 nitrogen and oxygen atoms in total. The second-order valence-electron chi connectivity index (χ2n) is 10.1. The summed E-state index contributed by atoms with van der Waals surface area (Å²) in [7, 11) is 0. The molecule has 1 saturated carbocycles. The fourth-order valence-electron chi connectivity index (χ4n) is 5.26. The molecule has 2 unspecified atom stereocenters. The summed E-state index contributed by atoms with van der Waals surface area (Å²) in [6.45, 7) is 6.85. The molecular weight excluding hydrogens is 672 g/mol. The third kappa shape index (κ3) is 6.10. The molecule has 3 aromatic heterocycles. The molecule has 1 N–H and O–H groups in total. The van der Waals surface area contributed by atoms with Gasteiger partial charge in [-0.25, -0.2) is 9.37 Å². The van der Waals surface area contributed by atoms with Crippen LogP contribution in [0.1, 0.15) is 55.8 Å². The van der Waals surface area contributed by atoms with Crippen molar-refractivity contribution in [3.05, 3.63) is 83.4 Å². The quantitative estimate of drug-likeness (QED) is 0.117. The van der Waals surface area contributed by atoms with E-state index < -0.39 is 6.17 Å². The zero-order valence-corrected chi connectivity index (χ0v) is 24.7. The first-order chi connectivity index (χ1) is 18.2. The van der Waals surface area contributed by atoms with Gasteiger partial charge >= 0.3 is 0 Å². The molecule has 1 radical (unpaired) electrons. The van der Waals surface area contributed by atoms with Crippen LogP contribution in [-0.4, -0.2) is 27.0 Å². The minimum atomic E-state index is -0.672. The number of aromatic nitrogens is 2. The molecule has 6 rings (SSSR count). The monoisotopic (exact) mass is 702 g/mol. The van der Waals surface area contributed by atoms with Gasteiger partial charge in [-0.3, -0.25) is 4.79 Å². The summed E-state index contributed by atoms with van der Waals surface area (Å²) >= 11 is 0. The first-order valence-electron chi connectivity index (χ1n) is 12.8. The van der Waals surface area contributed by atoms with Gasteiger partial charge < -0.3 is 14.5 Å². The number of carbonyl (C=O) groups excluding carboxylic acids is 1. The fraction of sp³-hybridized carbons (Fsp3) is 0.281. The number of carbonyl (C=O) groups is 1. The smallest absolute Gasteiger partial charge is 0.216 e. The maximum Gasteiger partial charge on any atom is 0.216 e. The third-order valence-electron chi connectivity index (χ3n) is 6.92. The van der Waals surface area contributed by atoms with Crippen molar-refractivity contribution in [3.8, 4) is 11.3 Å². The molecule has 1 aliphatic rings. The number of alkyl halides is 1. The van der Waals surface area contributed by atoms with Crippen molar-refractivity contribution in [2.45, 2.75) is 59.0 Å². The van der Waals surface area contributed by atoms with Gasteiger partial charge in [-0.1, -0.05) is 36.1 Å². The van der Waals surface area contributed by atoms with E-state index in [4.69, 9.17) is 14.5 Å². The standard InChI is InChI=1S/C27H22FN2O.C5H8O2.Ir/c1-15-11-23-22-7-3-16(2)30-27(22)31-26(23)24(12-15)25-21-8-5-17(13-19(21)9-10-29-25)18-4-6-20(28)14-18;1-4(6)3-5(2)7;/h3,5,7-11,13,18,20H,4,6,14H2,1-2H3;3,6H,1-2H3;/q-1;;/b;4-3-;. The van der Waals surface area contributed by atoms with Gasteiger partial charge in [0.25, 0.3) is 0 Å². The minimum Gasteiger partial charge on any atom is -0.512 e. The van der Waals surface area contributed by atoms with Gasteiger partial charge in [-0.2, -0.15) is 0 Å². The van der Waals surface area contributed by atoms with Gasteiger partial charge in [-0.15, -0.1) is 17.7 Å². The molecule has 2 atom stereocenters. The molecule has 0 bridgehead atoms. The Morgan fingerprint density at radius 3 is 2.51 bits per heavy atom. The first kappa shape index (κ1) is 28.6. The van der Waals surface area contributed by atoms with Gasteiger partial charge in [0, 0.05) is 43.5 Å². The maximum atomic E-state index is 13.7. The number of fused-ring (bicyclic) bond motifs is 4. The summed E-state index contributed by atoms with van der Waals surface area (Å²) in [6.07, 6.45) is 4.54. The van der Waals surface area contributed by atoms with Crippen LogP contribution in [0.15, 0.2) is 64.9 Å². The number of aryl methyl sites for hydroxylation is 2. The van der Waals surface area contributed by atoms with Crippen LogP contribution >= 0.6 is 0 Å². The Morgan fingerprint density at radius 1 is 1.08 bits per heavy atom. The van der Waals surface area contributed by atoms with Gasteiger partial charge in [-0.05, 0) is 86.2 Å². The van der Waals surface area contributed by atoms with E-state index in [-0.39, 0.29) is 31.6 Å². The average Bonchev–Trinajstić information content (AvgIpc) is 3.45. The van der Waals surface area contributed by atoms with Crippen molar-refractivity contribution >= 4 is 38.6 Å². The second-order valence-corrected chi connectivity index (χ2v) is 10.1. The predicted octanol–water partition coefficient (Wildman–Crippen LogP) is 8.25. The fourth-order valence-corrected chi connectivity index (χ4v) is 5.26. The number of nitrogens with zero attached hydrogens (tertiary/aromatic N) is 2. The van der Waals surface area contributed by atoms with Gasteiger partial charge in [0.2, 0.25) is 5.71 Å². The van der Waals surface area contributed by atoms with E-state index in [1.807, 2.05) is 32.2 Å². The number of hydrogen-bond donors (Lipinski definition) is 1. The molecule has 0 spiro atoms. The Kier molecular flexibility index (Phi) is 8.63. The number of rotatable bonds is 3. The topological polar surface area (TPSA) is 76.2 Å². The van der Waals surface area contributed by atoms with Gasteiger partial charge in [0.15, 0.2) is 5.78 Å². The Balaban J connectivity index is 0.000000394. The van der Waals surface area contributed by atoms with Crippen molar-refractivity contribution in [1.29, 1.82) is 0 Å². The second kappa shape index (κ2) is 11.8. The number of halogens is 1. The molecule has 3 heterocycles. The number of aliphatic hydroxyl groups is 1. The molecule has 5 aromatic rings. The third-order valence-corrected chi connectivity index (χ3v) is 6.92. The summed E-state index contributed by atoms with van der Waals surface area (Å²) in [4.78, 5) is 19.3. The molecule has 0 saturated heterocycles. The summed E-state index contributed by atoms with van der Waals surface area (Å²) < 4.78 is 19.9. The molecule has 1 fully saturated rings. The summed E-state index contributed by atoms with van der Waals surface area (Å²) in [5.41, 5.74) is 6.27. The number of benzene rings is 2. The number of aliphatic hydroxyl groups excluding tert-OH is 1. The van der Waals surface area contributed by atoms with Crippen LogP contribution in [0.25, 0.3) is 44.1 Å². The van der Waals surface area contributed by atoms with Gasteiger partial charge in [0.05, 0.1) is 11.3 Å². The number of pyridine rings is 2. The average molecular weight is 702 g/mol. The van der Waals surface area contributed by atoms with E-state index in [2.05, 4.69) is 41.4 Å². The summed E-state index contributed by atoms with van der Waals surface area (Å²) in [5, 5.41) is 12.6. The van der Waals surface area contributed by atoms with E-state index in [1.54, 1.807) is 0 Å². The molecule has 0 amide bonds. The van der Waals surface area contributed by atoms with Gasteiger partial charge in [0.1, 0.15) is 6.17 Å². The normalized spacial score (nSPS) is 17.2. The van der Waals surface area contributed by atoms with E-state index in [1.165, 1.54) is 25.5 Å². The van der Waals surface area contributed by atoms with Crippen LogP contribution in [0.5, 0.6) is 0 Å². The summed E-state index contributed by atoms with van der Waals surface area (Å²) in [5.74, 6) is 0.241. The molecular formula is C32H30FIrN2O3-. The van der Waals surface area contributed by atoms with Crippen molar-refractivity contribution in [2.75, 3.05) is 0 Å². The Labute approximate surface area is 240 Å². The van der Waals surface area contributed by atoms with Crippen LogP contribution in [0.4, 0.5) is 4.39 Å². The van der Waals surface area contributed by atoms with Crippen LogP contribution in [-0.2, 0) is 24.9 Å². The van der Waals surface area contributed by atoms with Crippen LogP contribution < -0.4 is 0 Å². The zero-order chi connectivity index (χ0) is 27.0. The molecule has 39 heavy (non-hydrogen) atoms. The van der Waals surface area contributed by atoms with E-state index in [0.717, 1.165) is 56.1 Å². The molecule has 2 aromatic carbocycles. The van der Waals surface area contributed by atoms with E-state index >= 15 is 0 Å². The summed E-state index contributed by atoms with van der Waals surface area (Å²) in [6, 6.07) is 18.1.